The van der Waals surface area contributed by atoms with Crippen molar-refractivity contribution in [3.05, 3.63) is 89.5 Å². The molecule has 8 nitrogen and oxygen atoms in total. The summed E-state index contributed by atoms with van der Waals surface area (Å²) in [5.74, 6) is -0.244. The quantitative estimate of drug-likeness (QED) is 0.339. The van der Waals surface area contributed by atoms with Crippen LogP contribution in [-0.4, -0.2) is 50.9 Å². The highest BCUT2D eigenvalue weighted by Gasteiger charge is 2.32. The smallest absolute Gasteiger partial charge is 0.264 e. The highest BCUT2D eigenvalue weighted by atomic mass is 32.2. The zero-order valence-electron chi connectivity index (χ0n) is 24.0. The van der Waals surface area contributed by atoms with Gasteiger partial charge < -0.3 is 15.0 Å². The van der Waals surface area contributed by atoms with Crippen molar-refractivity contribution in [2.75, 3.05) is 18.0 Å². The number of ether oxygens (including phenoxy) is 1. The standard InChI is InChI=1S/C31H39N3O5S/c1-7-24(4)32-31(36)25(5)33(20-26-10-8-9-23(3)19-26)30(35)21-34(27-13-15-28(39-6)16-14-27)40(37,38)29-17-11-22(2)12-18-29/h8-19,24-25H,7,20-21H2,1-6H3,(H,32,36)/t24-,25-/m1/s1. The second kappa shape index (κ2) is 13.5. The molecule has 3 rings (SSSR count). The molecule has 0 radical (unpaired) electrons. The van der Waals surface area contributed by atoms with E-state index in [9.17, 15) is 18.0 Å². The number of hydrogen-bond acceptors (Lipinski definition) is 5. The lowest BCUT2D eigenvalue weighted by atomic mass is 10.1. The fourth-order valence-electron chi connectivity index (χ4n) is 4.17. The Labute approximate surface area is 238 Å². The van der Waals surface area contributed by atoms with Crippen LogP contribution in [0.25, 0.3) is 0 Å². The molecule has 0 unspecified atom stereocenters. The van der Waals surface area contributed by atoms with Crippen LogP contribution in [0.2, 0.25) is 0 Å². The van der Waals surface area contributed by atoms with E-state index in [2.05, 4.69) is 5.32 Å². The Morgan fingerprint density at radius 1 is 0.925 bits per heavy atom. The minimum Gasteiger partial charge on any atom is -0.497 e. The van der Waals surface area contributed by atoms with E-state index in [4.69, 9.17) is 4.74 Å². The summed E-state index contributed by atoms with van der Waals surface area (Å²) in [5.41, 5.74) is 3.08. The number of nitrogens with one attached hydrogen (secondary N) is 1. The molecule has 0 aliphatic carbocycles. The molecule has 3 aromatic carbocycles. The second-order valence-electron chi connectivity index (χ2n) is 10.0. The van der Waals surface area contributed by atoms with E-state index >= 15 is 0 Å². The van der Waals surface area contributed by atoms with Crippen molar-refractivity contribution in [3.8, 4) is 5.75 Å². The molecule has 0 aliphatic rings. The fourth-order valence-corrected chi connectivity index (χ4v) is 5.58. The van der Waals surface area contributed by atoms with Gasteiger partial charge in [-0.25, -0.2) is 8.42 Å². The number of methoxy groups -OCH3 is 1. The van der Waals surface area contributed by atoms with Crippen LogP contribution >= 0.6 is 0 Å². The Balaban J connectivity index is 2.03. The maximum atomic E-state index is 14.0. The first kappa shape index (κ1) is 30.7. The number of carbonyl (C=O) groups excluding carboxylic acids is 2. The third kappa shape index (κ3) is 7.63. The van der Waals surface area contributed by atoms with Crippen molar-refractivity contribution < 1.29 is 22.7 Å². The molecule has 0 aliphatic heterocycles. The van der Waals surface area contributed by atoms with Gasteiger partial charge in [-0.15, -0.1) is 0 Å². The topological polar surface area (TPSA) is 96.0 Å². The van der Waals surface area contributed by atoms with E-state index in [1.165, 1.54) is 24.1 Å². The third-order valence-electron chi connectivity index (χ3n) is 6.85. The van der Waals surface area contributed by atoms with Crippen molar-refractivity contribution in [2.45, 2.75) is 64.6 Å². The molecule has 0 aromatic heterocycles. The molecule has 2 amide bonds. The van der Waals surface area contributed by atoms with Gasteiger partial charge in [-0.1, -0.05) is 54.4 Å². The summed E-state index contributed by atoms with van der Waals surface area (Å²) >= 11 is 0. The Morgan fingerprint density at radius 2 is 1.57 bits per heavy atom. The highest BCUT2D eigenvalue weighted by molar-refractivity contribution is 7.92. The predicted octanol–water partition coefficient (Wildman–Crippen LogP) is 4.84. The number of benzene rings is 3. The molecule has 0 bridgehead atoms. The summed E-state index contributed by atoms with van der Waals surface area (Å²) in [6, 6.07) is 19.7. The van der Waals surface area contributed by atoms with E-state index in [1.807, 2.05) is 52.0 Å². The Bertz CT molecular complexity index is 1410. The van der Waals surface area contributed by atoms with Crippen LogP contribution in [0, 0.1) is 13.8 Å². The van der Waals surface area contributed by atoms with Gasteiger partial charge in [0.1, 0.15) is 18.3 Å². The summed E-state index contributed by atoms with van der Waals surface area (Å²) in [5, 5.41) is 2.94. The van der Waals surface area contributed by atoms with Crippen LogP contribution in [0.3, 0.4) is 0 Å². The molecule has 3 aromatic rings. The number of hydrogen-bond donors (Lipinski definition) is 1. The molecule has 0 spiro atoms. The van der Waals surface area contributed by atoms with Crippen LogP contribution in [0.1, 0.15) is 43.9 Å². The molecular formula is C31H39N3O5S. The molecular weight excluding hydrogens is 526 g/mol. The summed E-state index contributed by atoms with van der Waals surface area (Å²) in [4.78, 5) is 28.6. The molecule has 40 heavy (non-hydrogen) atoms. The first-order chi connectivity index (χ1) is 19.0. The second-order valence-corrected chi connectivity index (χ2v) is 11.9. The lowest BCUT2D eigenvalue weighted by Crippen LogP contribution is -2.52. The number of rotatable bonds is 12. The number of aryl methyl sites for hydroxylation is 2. The van der Waals surface area contributed by atoms with E-state index < -0.39 is 28.5 Å². The van der Waals surface area contributed by atoms with Gasteiger partial charge in [0.25, 0.3) is 10.0 Å². The van der Waals surface area contributed by atoms with Gasteiger partial charge in [-0.05, 0) is 76.1 Å². The number of carbonyl (C=O) groups is 2. The normalized spacial score (nSPS) is 12.8. The van der Waals surface area contributed by atoms with Gasteiger partial charge in [0.15, 0.2) is 0 Å². The maximum absolute atomic E-state index is 14.0. The highest BCUT2D eigenvalue weighted by Crippen LogP contribution is 2.27. The van der Waals surface area contributed by atoms with Crippen LogP contribution in [0.4, 0.5) is 5.69 Å². The Morgan fingerprint density at radius 3 is 2.15 bits per heavy atom. The largest absolute Gasteiger partial charge is 0.497 e. The van der Waals surface area contributed by atoms with E-state index in [1.54, 1.807) is 43.3 Å². The Hall–Kier alpha value is -3.85. The van der Waals surface area contributed by atoms with Crippen molar-refractivity contribution in [2.24, 2.45) is 0 Å². The SMILES string of the molecule is CC[C@@H](C)NC(=O)[C@@H](C)N(Cc1cccc(C)c1)C(=O)CN(c1ccc(OC)cc1)S(=O)(=O)c1ccc(C)cc1. The van der Waals surface area contributed by atoms with Gasteiger partial charge in [0, 0.05) is 12.6 Å². The van der Waals surface area contributed by atoms with Gasteiger partial charge in [-0.2, -0.15) is 0 Å². The van der Waals surface area contributed by atoms with Crippen LogP contribution in [0.5, 0.6) is 5.75 Å². The van der Waals surface area contributed by atoms with Gasteiger partial charge in [0.05, 0.1) is 17.7 Å². The summed E-state index contributed by atoms with van der Waals surface area (Å²) in [7, 11) is -2.60. The predicted molar refractivity (Wildman–Crippen MR) is 158 cm³/mol. The van der Waals surface area contributed by atoms with Crippen LogP contribution in [-0.2, 0) is 26.2 Å². The van der Waals surface area contributed by atoms with Crippen molar-refractivity contribution in [1.82, 2.24) is 10.2 Å². The number of sulfonamides is 1. The molecule has 0 heterocycles. The van der Waals surface area contributed by atoms with Crippen molar-refractivity contribution in [1.29, 1.82) is 0 Å². The van der Waals surface area contributed by atoms with Gasteiger partial charge >= 0.3 is 0 Å². The zero-order valence-corrected chi connectivity index (χ0v) is 24.9. The van der Waals surface area contributed by atoms with Crippen molar-refractivity contribution in [3.63, 3.8) is 0 Å². The van der Waals surface area contributed by atoms with E-state index in [-0.39, 0.29) is 23.4 Å². The number of anilines is 1. The van der Waals surface area contributed by atoms with E-state index in [0.29, 0.717) is 11.4 Å². The average molecular weight is 566 g/mol. The maximum Gasteiger partial charge on any atom is 0.264 e. The Kier molecular flexibility index (Phi) is 10.3. The molecule has 0 saturated heterocycles. The van der Waals surface area contributed by atoms with Gasteiger partial charge in [0.2, 0.25) is 11.8 Å². The molecule has 1 N–H and O–H groups in total. The lowest BCUT2D eigenvalue weighted by molar-refractivity contribution is -0.139. The number of amides is 2. The minimum atomic E-state index is -4.12. The first-order valence-corrected chi connectivity index (χ1v) is 14.8. The lowest BCUT2D eigenvalue weighted by Gasteiger charge is -2.32. The van der Waals surface area contributed by atoms with Crippen molar-refractivity contribution >= 4 is 27.5 Å². The molecule has 9 heteroatoms. The third-order valence-corrected chi connectivity index (χ3v) is 8.64. The minimum absolute atomic E-state index is 0.0644. The van der Waals surface area contributed by atoms with E-state index in [0.717, 1.165) is 27.4 Å². The zero-order chi connectivity index (χ0) is 29.4. The monoisotopic (exact) mass is 565 g/mol. The molecule has 0 fully saturated rings. The molecule has 2 atom stereocenters. The number of nitrogens with zero attached hydrogens (tertiary/aromatic N) is 2. The van der Waals surface area contributed by atoms with Crippen LogP contribution < -0.4 is 14.4 Å². The van der Waals surface area contributed by atoms with Gasteiger partial charge in [-0.3, -0.25) is 13.9 Å². The first-order valence-electron chi connectivity index (χ1n) is 13.3. The fraction of sp³-hybridized carbons (Fsp3) is 0.355. The summed E-state index contributed by atoms with van der Waals surface area (Å²) < 4.78 is 34.1. The molecule has 214 valence electrons. The van der Waals surface area contributed by atoms with Crippen LogP contribution in [0.15, 0.2) is 77.7 Å². The molecule has 0 saturated carbocycles. The summed E-state index contributed by atoms with van der Waals surface area (Å²) in [6.07, 6.45) is 0.740. The summed E-state index contributed by atoms with van der Waals surface area (Å²) in [6.45, 7) is 9.01. The average Bonchev–Trinajstić information content (AvgIpc) is 2.94.